The van der Waals surface area contributed by atoms with E-state index >= 15 is 0 Å². The number of nitrogens with one attached hydrogen (secondary N) is 1. The van der Waals surface area contributed by atoms with E-state index in [1.54, 1.807) is 12.1 Å². The molecule has 144 valence electrons. The van der Waals surface area contributed by atoms with Crippen LogP contribution in [-0.4, -0.2) is 19.6 Å². The molecule has 8 nitrogen and oxygen atoms in total. The van der Waals surface area contributed by atoms with Crippen molar-refractivity contribution in [1.82, 2.24) is 4.83 Å². The van der Waals surface area contributed by atoms with Gasteiger partial charge in [0.05, 0.1) is 21.6 Å². The second-order valence-electron chi connectivity index (χ2n) is 5.79. The van der Waals surface area contributed by atoms with Gasteiger partial charge >= 0.3 is 0 Å². The van der Waals surface area contributed by atoms with Crippen LogP contribution in [0.25, 0.3) is 11.3 Å². The normalized spacial score (nSPS) is 11.6. The predicted octanol–water partition coefficient (Wildman–Crippen LogP) is 4.13. The molecular weight excluding hydrogens is 406 g/mol. The van der Waals surface area contributed by atoms with Gasteiger partial charge in [0.1, 0.15) is 11.5 Å². The van der Waals surface area contributed by atoms with Crippen molar-refractivity contribution in [2.75, 3.05) is 0 Å². The van der Waals surface area contributed by atoms with Gasteiger partial charge in [0.25, 0.3) is 15.7 Å². The van der Waals surface area contributed by atoms with E-state index in [2.05, 4.69) is 9.93 Å². The monoisotopic (exact) mass is 419 g/mol. The Kier molecular flexibility index (Phi) is 5.48. The third-order valence-corrected chi connectivity index (χ3v) is 5.22. The molecule has 0 radical (unpaired) electrons. The highest BCUT2D eigenvalue weighted by atomic mass is 35.5. The summed E-state index contributed by atoms with van der Waals surface area (Å²) in [6, 6.07) is 13.5. The minimum Gasteiger partial charge on any atom is -0.455 e. The fourth-order valence-corrected chi connectivity index (χ4v) is 3.32. The number of nitro benzene ring substituents is 1. The van der Waals surface area contributed by atoms with E-state index in [9.17, 15) is 18.5 Å². The van der Waals surface area contributed by atoms with Crippen molar-refractivity contribution >= 4 is 33.5 Å². The summed E-state index contributed by atoms with van der Waals surface area (Å²) in [5.74, 6) is 0.442. The third-order valence-electron chi connectivity index (χ3n) is 3.74. The van der Waals surface area contributed by atoms with Crippen LogP contribution in [-0.2, 0) is 10.0 Å². The largest absolute Gasteiger partial charge is 0.455 e. The highest BCUT2D eigenvalue weighted by Crippen LogP contribution is 2.33. The molecule has 0 saturated heterocycles. The Morgan fingerprint density at radius 3 is 2.54 bits per heavy atom. The first kappa shape index (κ1) is 19.6. The van der Waals surface area contributed by atoms with E-state index in [4.69, 9.17) is 16.0 Å². The van der Waals surface area contributed by atoms with Gasteiger partial charge in [-0.25, -0.2) is 0 Å². The first-order valence-electron chi connectivity index (χ1n) is 7.92. The molecule has 0 bridgehead atoms. The molecule has 1 heterocycles. The number of hydrogen-bond donors (Lipinski definition) is 1. The highest BCUT2D eigenvalue weighted by Gasteiger charge is 2.18. The molecule has 0 saturated carbocycles. The molecule has 10 heteroatoms. The molecule has 0 aliphatic rings. The smallest absolute Gasteiger partial charge is 0.281 e. The maximum atomic E-state index is 12.2. The van der Waals surface area contributed by atoms with Crippen molar-refractivity contribution < 1.29 is 17.8 Å². The lowest BCUT2D eigenvalue weighted by Gasteiger charge is -2.03. The Morgan fingerprint density at radius 1 is 1.14 bits per heavy atom. The number of hydrogen-bond acceptors (Lipinski definition) is 6. The fourth-order valence-electron chi connectivity index (χ4n) is 2.36. The van der Waals surface area contributed by atoms with Crippen LogP contribution in [0, 0.1) is 17.0 Å². The Hall–Kier alpha value is -3.17. The maximum absolute atomic E-state index is 12.2. The molecule has 0 aliphatic heterocycles. The summed E-state index contributed by atoms with van der Waals surface area (Å²) >= 11 is 5.80. The number of sulfonamides is 1. The molecular formula is C18H14ClN3O5S. The van der Waals surface area contributed by atoms with Gasteiger partial charge in [-0.3, -0.25) is 10.1 Å². The molecule has 2 aromatic carbocycles. The Labute approximate surface area is 165 Å². The summed E-state index contributed by atoms with van der Waals surface area (Å²) in [5, 5.41) is 15.1. The van der Waals surface area contributed by atoms with Crippen LogP contribution in [0.2, 0.25) is 5.02 Å². The SMILES string of the molecule is Cc1ccc(S(=O)(=O)N/N=C\c2ccc(-c3ccc(Cl)cc3[N+](=O)[O-])o2)cc1. The van der Waals surface area contributed by atoms with Gasteiger partial charge in [0.2, 0.25) is 0 Å². The Balaban J connectivity index is 1.78. The fraction of sp³-hybridized carbons (Fsp3) is 0.0556. The van der Waals surface area contributed by atoms with E-state index in [1.807, 2.05) is 6.92 Å². The van der Waals surface area contributed by atoms with Crippen molar-refractivity contribution in [1.29, 1.82) is 0 Å². The van der Waals surface area contributed by atoms with Gasteiger partial charge in [-0.15, -0.1) is 0 Å². The second-order valence-corrected chi connectivity index (χ2v) is 7.88. The Bertz CT molecular complexity index is 1150. The molecule has 0 fully saturated rings. The third kappa shape index (κ3) is 4.38. The molecule has 0 amide bonds. The van der Waals surface area contributed by atoms with Crippen molar-refractivity contribution in [3.63, 3.8) is 0 Å². The Morgan fingerprint density at radius 2 is 1.86 bits per heavy atom. The maximum Gasteiger partial charge on any atom is 0.281 e. The minimum absolute atomic E-state index is 0.0761. The number of benzene rings is 2. The van der Waals surface area contributed by atoms with Crippen LogP contribution in [0.5, 0.6) is 0 Å². The quantitative estimate of drug-likeness (QED) is 0.366. The predicted molar refractivity (Wildman–Crippen MR) is 105 cm³/mol. The zero-order valence-corrected chi connectivity index (χ0v) is 16.1. The van der Waals surface area contributed by atoms with Gasteiger partial charge in [-0.2, -0.15) is 18.4 Å². The standard InChI is InChI=1S/C18H14ClN3O5S/c1-12-2-6-15(7-3-12)28(25,26)21-20-11-14-5-9-18(27-14)16-8-4-13(19)10-17(16)22(23)24/h2-11,21H,1H3/b20-11-. The number of furan rings is 1. The van der Waals surface area contributed by atoms with E-state index in [0.717, 1.165) is 11.8 Å². The summed E-state index contributed by atoms with van der Waals surface area (Å²) in [6.07, 6.45) is 1.16. The summed E-state index contributed by atoms with van der Waals surface area (Å²) < 4.78 is 29.8. The van der Waals surface area contributed by atoms with E-state index in [1.165, 1.54) is 42.5 Å². The number of nitro groups is 1. The van der Waals surface area contributed by atoms with Crippen LogP contribution in [0.1, 0.15) is 11.3 Å². The molecule has 0 atom stereocenters. The average Bonchev–Trinajstić information content (AvgIpc) is 3.10. The van der Waals surface area contributed by atoms with Crippen LogP contribution >= 0.6 is 11.6 Å². The van der Waals surface area contributed by atoms with Crippen LogP contribution in [0.3, 0.4) is 0 Å². The van der Waals surface area contributed by atoms with Crippen molar-refractivity contribution in [2.45, 2.75) is 11.8 Å². The van der Waals surface area contributed by atoms with Crippen LogP contribution in [0.4, 0.5) is 5.69 Å². The summed E-state index contributed by atoms with van der Waals surface area (Å²) in [5.41, 5.74) is 0.974. The molecule has 0 unspecified atom stereocenters. The molecule has 3 aromatic rings. The first-order valence-corrected chi connectivity index (χ1v) is 9.78. The molecule has 1 N–H and O–H groups in total. The van der Waals surface area contributed by atoms with Crippen LogP contribution in [0.15, 0.2) is 69.0 Å². The lowest BCUT2D eigenvalue weighted by molar-refractivity contribution is -0.384. The number of halogens is 1. The summed E-state index contributed by atoms with van der Waals surface area (Å²) in [6.45, 7) is 1.85. The van der Waals surface area contributed by atoms with Crippen molar-refractivity contribution in [2.24, 2.45) is 5.10 Å². The molecule has 28 heavy (non-hydrogen) atoms. The van der Waals surface area contributed by atoms with Crippen molar-refractivity contribution in [3.8, 4) is 11.3 Å². The van der Waals surface area contributed by atoms with Gasteiger partial charge < -0.3 is 4.42 Å². The molecule has 0 spiro atoms. The molecule has 1 aromatic heterocycles. The van der Waals surface area contributed by atoms with E-state index in [0.29, 0.717) is 0 Å². The number of aryl methyl sites for hydroxylation is 1. The van der Waals surface area contributed by atoms with Gasteiger partial charge in [-0.05, 0) is 43.3 Å². The zero-order chi connectivity index (χ0) is 20.3. The summed E-state index contributed by atoms with van der Waals surface area (Å²) in [4.78, 5) is 12.8. The topological polar surface area (TPSA) is 115 Å². The first-order chi connectivity index (χ1) is 13.3. The summed E-state index contributed by atoms with van der Waals surface area (Å²) in [7, 11) is -3.81. The molecule has 0 aliphatic carbocycles. The molecule has 3 rings (SSSR count). The van der Waals surface area contributed by atoms with E-state index in [-0.39, 0.29) is 32.7 Å². The number of hydrazone groups is 1. The highest BCUT2D eigenvalue weighted by molar-refractivity contribution is 7.89. The van der Waals surface area contributed by atoms with E-state index < -0.39 is 14.9 Å². The lowest BCUT2D eigenvalue weighted by atomic mass is 10.1. The second kappa shape index (κ2) is 7.83. The number of rotatable bonds is 6. The lowest BCUT2D eigenvalue weighted by Crippen LogP contribution is -2.18. The average molecular weight is 420 g/mol. The van der Waals surface area contributed by atoms with Gasteiger partial charge in [0, 0.05) is 11.1 Å². The minimum atomic E-state index is -3.81. The zero-order valence-electron chi connectivity index (χ0n) is 14.5. The number of nitrogens with zero attached hydrogens (tertiary/aromatic N) is 2. The van der Waals surface area contributed by atoms with Gasteiger partial charge in [0.15, 0.2) is 0 Å². The van der Waals surface area contributed by atoms with Crippen molar-refractivity contribution in [3.05, 3.63) is 81.1 Å². The van der Waals surface area contributed by atoms with Crippen LogP contribution < -0.4 is 4.83 Å². The van der Waals surface area contributed by atoms with Gasteiger partial charge in [-0.1, -0.05) is 29.3 Å².